The Morgan fingerprint density at radius 1 is 1.33 bits per heavy atom. The van der Waals surface area contributed by atoms with Crippen LogP contribution in [-0.2, 0) is 9.59 Å². The highest BCUT2D eigenvalue weighted by atomic mass is 16.4. The zero-order valence-corrected chi connectivity index (χ0v) is 13.6. The van der Waals surface area contributed by atoms with Crippen molar-refractivity contribution >= 4 is 23.5 Å². The molecule has 0 bridgehead atoms. The first-order valence-corrected chi connectivity index (χ1v) is 8.16. The molecule has 0 aliphatic carbocycles. The van der Waals surface area contributed by atoms with Crippen molar-refractivity contribution < 1.29 is 14.0 Å². The normalized spacial score (nSPS) is 17.3. The summed E-state index contributed by atoms with van der Waals surface area (Å²) in [7, 11) is 0. The van der Waals surface area contributed by atoms with E-state index < -0.39 is 0 Å². The largest absolute Gasteiger partial charge is 0.407 e. The molecule has 0 spiro atoms. The minimum Gasteiger partial charge on any atom is -0.407 e. The van der Waals surface area contributed by atoms with Crippen molar-refractivity contribution in [3.63, 3.8) is 0 Å². The van der Waals surface area contributed by atoms with Crippen molar-refractivity contribution in [3.05, 3.63) is 36.2 Å². The molecule has 0 radical (unpaired) electrons. The van der Waals surface area contributed by atoms with Crippen LogP contribution in [0.4, 0.5) is 11.7 Å². The fourth-order valence-electron chi connectivity index (χ4n) is 2.70. The summed E-state index contributed by atoms with van der Waals surface area (Å²) < 4.78 is 5.52. The van der Waals surface area contributed by atoms with Gasteiger partial charge in [-0.1, -0.05) is 36.6 Å². The molecule has 126 valence electrons. The number of para-hydroxylation sites is 1. The van der Waals surface area contributed by atoms with E-state index in [0.29, 0.717) is 25.3 Å². The Balaban J connectivity index is 1.64. The molecule has 7 nitrogen and oxygen atoms in total. The van der Waals surface area contributed by atoms with Gasteiger partial charge in [-0.2, -0.15) is 0 Å². The molecule has 1 aliphatic rings. The molecular formula is C17H20N4O3. The van der Waals surface area contributed by atoms with E-state index in [2.05, 4.69) is 15.5 Å². The fraction of sp³-hybridized carbons (Fsp3) is 0.412. The van der Waals surface area contributed by atoms with E-state index in [0.717, 1.165) is 18.5 Å². The highest BCUT2D eigenvalue weighted by Gasteiger charge is 2.35. The number of nitrogens with zero attached hydrogens (tertiary/aromatic N) is 3. The molecule has 0 saturated carbocycles. The van der Waals surface area contributed by atoms with Crippen LogP contribution in [0.15, 0.2) is 34.7 Å². The van der Waals surface area contributed by atoms with Gasteiger partial charge in [0.05, 0.1) is 5.92 Å². The fourth-order valence-corrected chi connectivity index (χ4v) is 2.70. The maximum Gasteiger partial charge on any atom is 0.322 e. The molecule has 1 atom stereocenters. The molecule has 7 heteroatoms. The van der Waals surface area contributed by atoms with E-state index in [1.54, 1.807) is 4.90 Å². The molecule has 2 amide bonds. The second-order valence-corrected chi connectivity index (χ2v) is 5.84. The van der Waals surface area contributed by atoms with Crippen molar-refractivity contribution in [1.29, 1.82) is 0 Å². The third-order valence-corrected chi connectivity index (χ3v) is 3.99. The Hall–Kier alpha value is -2.70. The summed E-state index contributed by atoms with van der Waals surface area (Å²) in [6.07, 6.45) is 2.51. The molecule has 24 heavy (non-hydrogen) atoms. The lowest BCUT2D eigenvalue weighted by Gasteiger charge is -2.15. The van der Waals surface area contributed by atoms with Gasteiger partial charge in [0.15, 0.2) is 0 Å². The standard InChI is InChI=1S/C17H20N4O3/c1-2-3-9-14(22)18-17-20-19-16(24-17)12-10-15(23)21(11-12)13-7-5-4-6-8-13/h4-8,12H,2-3,9-11H2,1H3,(H,18,20,22). The van der Waals surface area contributed by atoms with Crippen LogP contribution in [0.3, 0.4) is 0 Å². The SMILES string of the molecule is CCCCC(=O)Nc1nnc(C2CC(=O)N(c3ccccc3)C2)o1. The Morgan fingerprint density at radius 2 is 2.12 bits per heavy atom. The van der Waals surface area contributed by atoms with Crippen LogP contribution < -0.4 is 10.2 Å². The van der Waals surface area contributed by atoms with Gasteiger partial charge in [-0.3, -0.25) is 14.9 Å². The number of amides is 2. The number of aromatic nitrogens is 2. The van der Waals surface area contributed by atoms with Crippen LogP contribution in [0.5, 0.6) is 0 Å². The molecule has 2 aromatic rings. The minimum atomic E-state index is -0.161. The Bertz CT molecular complexity index is 714. The van der Waals surface area contributed by atoms with Gasteiger partial charge < -0.3 is 9.32 Å². The van der Waals surface area contributed by atoms with Crippen molar-refractivity contribution in [3.8, 4) is 0 Å². The molecule has 1 fully saturated rings. The third-order valence-electron chi connectivity index (χ3n) is 3.99. The number of anilines is 2. The van der Waals surface area contributed by atoms with Gasteiger partial charge in [0.25, 0.3) is 0 Å². The van der Waals surface area contributed by atoms with E-state index >= 15 is 0 Å². The van der Waals surface area contributed by atoms with Crippen molar-refractivity contribution in [2.24, 2.45) is 0 Å². The number of unbranched alkanes of at least 4 members (excludes halogenated alkanes) is 1. The van der Waals surface area contributed by atoms with Crippen LogP contribution in [0.25, 0.3) is 0 Å². The second kappa shape index (κ2) is 7.25. The topological polar surface area (TPSA) is 88.3 Å². The van der Waals surface area contributed by atoms with E-state index in [1.165, 1.54) is 0 Å². The second-order valence-electron chi connectivity index (χ2n) is 5.84. The average Bonchev–Trinajstić information content (AvgIpc) is 3.20. The van der Waals surface area contributed by atoms with E-state index in [-0.39, 0.29) is 23.7 Å². The number of benzene rings is 1. The lowest BCUT2D eigenvalue weighted by atomic mass is 10.1. The predicted molar refractivity (Wildman–Crippen MR) is 88.6 cm³/mol. The molecular weight excluding hydrogens is 308 g/mol. The lowest BCUT2D eigenvalue weighted by Crippen LogP contribution is -2.24. The van der Waals surface area contributed by atoms with Crippen LogP contribution in [0.2, 0.25) is 0 Å². The summed E-state index contributed by atoms with van der Waals surface area (Å²) in [6, 6.07) is 9.59. The van der Waals surface area contributed by atoms with E-state index in [4.69, 9.17) is 4.42 Å². The number of carbonyl (C=O) groups is 2. The summed E-state index contributed by atoms with van der Waals surface area (Å²) in [5.74, 6) is 0.109. The van der Waals surface area contributed by atoms with E-state index in [9.17, 15) is 9.59 Å². The third kappa shape index (κ3) is 3.61. The van der Waals surface area contributed by atoms with Gasteiger partial charge in [0, 0.05) is 25.1 Å². The number of rotatable bonds is 6. The first-order valence-electron chi connectivity index (χ1n) is 8.16. The number of hydrogen-bond acceptors (Lipinski definition) is 5. The van der Waals surface area contributed by atoms with Gasteiger partial charge in [-0.05, 0) is 18.6 Å². The van der Waals surface area contributed by atoms with Gasteiger partial charge in [-0.15, -0.1) is 5.10 Å². The monoisotopic (exact) mass is 328 g/mol. The number of carbonyl (C=O) groups excluding carboxylic acids is 2. The highest BCUT2D eigenvalue weighted by molar-refractivity contribution is 5.96. The van der Waals surface area contributed by atoms with Crippen molar-refractivity contribution in [2.75, 3.05) is 16.8 Å². The van der Waals surface area contributed by atoms with Gasteiger partial charge >= 0.3 is 6.01 Å². The summed E-state index contributed by atoms with van der Waals surface area (Å²) in [4.78, 5) is 25.6. The van der Waals surface area contributed by atoms with Crippen LogP contribution in [-0.4, -0.2) is 28.6 Å². The molecule has 1 aliphatic heterocycles. The quantitative estimate of drug-likeness (QED) is 0.881. The molecule has 2 heterocycles. The smallest absolute Gasteiger partial charge is 0.322 e. The van der Waals surface area contributed by atoms with Crippen LogP contribution >= 0.6 is 0 Å². The Morgan fingerprint density at radius 3 is 2.88 bits per heavy atom. The van der Waals surface area contributed by atoms with Crippen LogP contribution in [0, 0.1) is 0 Å². The molecule has 1 aromatic heterocycles. The highest BCUT2D eigenvalue weighted by Crippen LogP contribution is 2.31. The predicted octanol–water partition coefficient (Wildman–Crippen LogP) is 2.72. The summed E-state index contributed by atoms with van der Waals surface area (Å²) >= 11 is 0. The molecule has 3 rings (SSSR count). The summed E-state index contributed by atoms with van der Waals surface area (Å²) in [5.41, 5.74) is 0.859. The average molecular weight is 328 g/mol. The molecule has 1 unspecified atom stereocenters. The first kappa shape index (κ1) is 16.2. The lowest BCUT2D eigenvalue weighted by molar-refractivity contribution is -0.117. The minimum absolute atomic E-state index is 0.0259. The van der Waals surface area contributed by atoms with Crippen molar-refractivity contribution in [1.82, 2.24) is 10.2 Å². The number of nitrogens with one attached hydrogen (secondary N) is 1. The molecule has 1 N–H and O–H groups in total. The summed E-state index contributed by atoms with van der Waals surface area (Å²) in [5, 5.41) is 10.4. The Kier molecular flexibility index (Phi) is 4.88. The van der Waals surface area contributed by atoms with E-state index in [1.807, 2.05) is 37.3 Å². The maximum atomic E-state index is 12.2. The molecule has 1 saturated heterocycles. The van der Waals surface area contributed by atoms with Gasteiger partial charge in [-0.25, -0.2) is 0 Å². The summed E-state index contributed by atoms with van der Waals surface area (Å²) in [6.45, 7) is 2.52. The molecule has 1 aromatic carbocycles. The maximum absolute atomic E-state index is 12.2. The number of hydrogen-bond donors (Lipinski definition) is 1. The zero-order chi connectivity index (χ0) is 16.9. The van der Waals surface area contributed by atoms with Crippen LogP contribution in [0.1, 0.15) is 44.4 Å². The first-order chi connectivity index (χ1) is 11.7. The van der Waals surface area contributed by atoms with Crippen molar-refractivity contribution in [2.45, 2.75) is 38.5 Å². The van der Waals surface area contributed by atoms with Gasteiger partial charge in [0.1, 0.15) is 0 Å². The zero-order valence-electron chi connectivity index (χ0n) is 13.6. The Labute approximate surface area is 140 Å². The van der Waals surface area contributed by atoms with Gasteiger partial charge in [0.2, 0.25) is 17.7 Å².